The lowest BCUT2D eigenvalue weighted by atomic mass is 9.95. The van der Waals surface area contributed by atoms with E-state index in [9.17, 15) is 0 Å². The lowest BCUT2D eigenvalue weighted by Gasteiger charge is -2.36. The number of fused-ring (bicyclic) bond motifs is 1. The fraction of sp³-hybridized carbons (Fsp3) is 0.476. The molecule has 27 heavy (non-hydrogen) atoms. The van der Waals surface area contributed by atoms with Crippen LogP contribution in [0, 0.1) is 6.92 Å². The molecule has 1 aliphatic carbocycles. The van der Waals surface area contributed by atoms with E-state index >= 15 is 0 Å². The fourth-order valence-electron chi connectivity index (χ4n) is 3.82. The lowest BCUT2D eigenvalue weighted by molar-refractivity contribution is 0.0984. The molecule has 2 heterocycles. The molecular weight excluding hydrogens is 338 g/mol. The number of anilines is 2. The van der Waals surface area contributed by atoms with Crippen molar-refractivity contribution in [2.24, 2.45) is 5.10 Å². The van der Waals surface area contributed by atoms with Crippen molar-refractivity contribution in [3.63, 3.8) is 0 Å². The summed E-state index contributed by atoms with van der Waals surface area (Å²) in [7, 11) is 0. The number of nitrogens with zero attached hydrogens (tertiary/aromatic N) is 4. The zero-order chi connectivity index (χ0) is 18.6. The summed E-state index contributed by atoms with van der Waals surface area (Å²) in [4.78, 5) is 12.0. The van der Waals surface area contributed by atoms with Crippen LogP contribution in [0.15, 0.2) is 29.4 Å². The van der Waals surface area contributed by atoms with Crippen molar-refractivity contribution in [3.8, 4) is 0 Å². The zero-order valence-corrected chi connectivity index (χ0v) is 16.1. The first-order chi connectivity index (χ1) is 13.2. The Morgan fingerprint density at radius 3 is 3.04 bits per heavy atom. The summed E-state index contributed by atoms with van der Waals surface area (Å²) < 4.78 is 5.61. The minimum absolute atomic E-state index is 0. The second-order valence-corrected chi connectivity index (χ2v) is 7.40. The Morgan fingerprint density at radius 1 is 1.30 bits per heavy atom. The molecule has 144 valence electrons. The molecule has 0 radical (unpaired) electrons. The van der Waals surface area contributed by atoms with E-state index < -0.39 is 0 Å². The molecule has 0 unspecified atom stereocenters. The van der Waals surface area contributed by atoms with Crippen molar-refractivity contribution in [2.45, 2.75) is 45.6 Å². The molecule has 1 aliphatic heterocycles. The van der Waals surface area contributed by atoms with Gasteiger partial charge in [0.25, 0.3) is 0 Å². The molecule has 0 amide bonds. The van der Waals surface area contributed by atoms with Crippen LogP contribution in [0.2, 0.25) is 0 Å². The summed E-state index contributed by atoms with van der Waals surface area (Å²) in [5.74, 6) is 1.64. The predicted octanol–water partition coefficient (Wildman–Crippen LogP) is 3.58. The van der Waals surface area contributed by atoms with Crippen LogP contribution in [0.4, 0.5) is 11.8 Å². The summed E-state index contributed by atoms with van der Waals surface area (Å²) in [5.41, 5.74) is 7.79. The summed E-state index contributed by atoms with van der Waals surface area (Å²) in [6, 6.07) is 8.56. The molecule has 1 aromatic heterocycles. The van der Waals surface area contributed by atoms with Gasteiger partial charge in [0.15, 0.2) is 0 Å². The van der Waals surface area contributed by atoms with Gasteiger partial charge in [-0.25, -0.2) is 10.4 Å². The van der Waals surface area contributed by atoms with Crippen molar-refractivity contribution in [1.82, 2.24) is 9.97 Å². The van der Waals surface area contributed by atoms with Gasteiger partial charge in [0.05, 0.1) is 31.2 Å². The van der Waals surface area contributed by atoms with E-state index in [0.717, 1.165) is 49.7 Å². The van der Waals surface area contributed by atoms with Gasteiger partial charge in [0.2, 0.25) is 5.95 Å². The van der Waals surface area contributed by atoms with E-state index in [1.54, 1.807) is 0 Å². The first-order valence-corrected chi connectivity index (χ1v) is 9.80. The molecule has 6 nitrogen and oxygen atoms in total. The molecule has 0 spiro atoms. The normalized spacial score (nSPS) is 19.9. The van der Waals surface area contributed by atoms with E-state index in [1.165, 1.54) is 24.0 Å². The second kappa shape index (κ2) is 8.05. The molecule has 6 heteroatoms. The number of hydrogen-bond donors (Lipinski definition) is 1. The van der Waals surface area contributed by atoms with Gasteiger partial charge >= 0.3 is 0 Å². The topological polar surface area (TPSA) is 62.6 Å². The number of morpholine rings is 1. The number of hydrazone groups is 1. The van der Waals surface area contributed by atoms with Crippen LogP contribution in [0.3, 0.4) is 0 Å². The quantitative estimate of drug-likeness (QED) is 0.661. The summed E-state index contributed by atoms with van der Waals surface area (Å²) in [6.45, 7) is 6.63. The summed E-state index contributed by atoms with van der Waals surface area (Å²) >= 11 is 0. The van der Waals surface area contributed by atoms with Crippen LogP contribution in [-0.4, -0.2) is 42.0 Å². The van der Waals surface area contributed by atoms with Crippen LogP contribution in [0.1, 0.15) is 43.6 Å². The van der Waals surface area contributed by atoms with E-state index in [-0.39, 0.29) is 1.43 Å². The van der Waals surface area contributed by atoms with Crippen LogP contribution >= 0.6 is 0 Å². The maximum absolute atomic E-state index is 5.61. The van der Waals surface area contributed by atoms with Gasteiger partial charge in [-0.2, -0.15) is 10.1 Å². The maximum atomic E-state index is 5.61. The molecule has 0 bridgehead atoms. The van der Waals surface area contributed by atoms with Gasteiger partial charge in [-0.1, -0.05) is 29.8 Å². The molecule has 1 aromatic carbocycles. The van der Waals surface area contributed by atoms with Gasteiger partial charge in [-0.15, -0.1) is 0 Å². The lowest BCUT2D eigenvalue weighted by Crippen LogP contribution is -2.45. The van der Waals surface area contributed by atoms with Crippen molar-refractivity contribution >= 4 is 18.0 Å². The Labute approximate surface area is 162 Å². The number of aryl methyl sites for hydroxylation is 2. The van der Waals surface area contributed by atoms with Crippen molar-refractivity contribution in [3.05, 3.63) is 46.6 Å². The van der Waals surface area contributed by atoms with Crippen LogP contribution in [-0.2, 0) is 17.6 Å². The molecule has 1 fully saturated rings. The Hall–Kier alpha value is -2.47. The third kappa shape index (κ3) is 4.11. The zero-order valence-electron chi connectivity index (χ0n) is 16.1. The molecule has 4 rings (SSSR count). The highest BCUT2D eigenvalue weighted by molar-refractivity contribution is 5.80. The Kier molecular flexibility index (Phi) is 5.34. The minimum Gasteiger partial charge on any atom is -0.377 e. The SMILES string of the molecule is Cc1cccc(/C=N/Nc2nc3c(c(N4CCOC[C@H]4C)n2)CCCC3)c1.[HH]. The monoisotopic (exact) mass is 367 g/mol. The second-order valence-electron chi connectivity index (χ2n) is 7.40. The maximum Gasteiger partial charge on any atom is 0.245 e. The average Bonchev–Trinajstić information content (AvgIpc) is 2.68. The van der Waals surface area contributed by atoms with Crippen molar-refractivity contribution < 1.29 is 6.16 Å². The third-order valence-corrected chi connectivity index (χ3v) is 5.22. The predicted molar refractivity (Wildman–Crippen MR) is 111 cm³/mol. The van der Waals surface area contributed by atoms with E-state index in [2.05, 4.69) is 41.4 Å². The van der Waals surface area contributed by atoms with Gasteiger partial charge in [0.1, 0.15) is 5.82 Å². The highest BCUT2D eigenvalue weighted by Gasteiger charge is 2.26. The number of benzene rings is 1. The van der Waals surface area contributed by atoms with Crippen molar-refractivity contribution in [2.75, 3.05) is 30.1 Å². The van der Waals surface area contributed by atoms with E-state index in [1.807, 2.05) is 18.3 Å². The van der Waals surface area contributed by atoms with Gasteiger partial charge < -0.3 is 9.64 Å². The van der Waals surface area contributed by atoms with E-state index in [4.69, 9.17) is 14.7 Å². The highest BCUT2D eigenvalue weighted by Crippen LogP contribution is 2.31. The largest absolute Gasteiger partial charge is 0.377 e. The van der Waals surface area contributed by atoms with E-state index in [0.29, 0.717) is 12.0 Å². The fourth-order valence-corrected chi connectivity index (χ4v) is 3.82. The minimum atomic E-state index is 0. The number of aromatic nitrogens is 2. The van der Waals surface area contributed by atoms with Crippen LogP contribution in [0.25, 0.3) is 0 Å². The van der Waals surface area contributed by atoms with Crippen LogP contribution < -0.4 is 10.3 Å². The summed E-state index contributed by atoms with van der Waals surface area (Å²) in [6.07, 6.45) is 6.28. The van der Waals surface area contributed by atoms with Crippen molar-refractivity contribution in [1.29, 1.82) is 0 Å². The van der Waals surface area contributed by atoms with Gasteiger partial charge in [-0.3, -0.25) is 0 Å². The Bertz CT molecular complexity index is 842. The number of rotatable bonds is 4. The molecule has 0 saturated carbocycles. The summed E-state index contributed by atoms with van der Waals surface area (Å²) in [5, 5.41) is 4.36. The Balaban J connectivity index is 0.00000225. The highest BCUT2D eigenvalue weighted by atomic mass is 16.5. The average molecular weight is 367 g/mol. The first-order valence-electron chi connectivity index (χ1n) is 9.80. The molecular formula is C21H29N5O. The van der Waals surface area contributed by atoms with Gasteiger partial charge in [-0.05, 0) is 45.1 Å². The molecule has 1 N–H and O–H groups in total. The number of hydrogen-bond acceptors (Lipinski definition) is 6. The third-order valence-electron chi connectivity index (χ3n) is 5.22. The molecule has 1 atom stereocenters. The molecule has 2 aliphatic rings. The standard InChI is InChI=1S/C21H27N5O.H2/c1-15-6-5-7-17(12-15)13-22-25-21-23-19-9-4-3-8-18(19)20(24-21)26-10-11-27-14-16(26)2;/h5-7,12-13,16H,3-4,8-11,14H2,1-2H3,(H,23,24,25);1H/b22-13+;/t16-;/m1./s1. The first kappa shape index (κ1) is 17.9. The van der Waals surface area contributed by atoms with Gasteiger partial charge in [0, 0.05) is 13.5 Å². The Morgan fingerprint density at radius 2 is 2.19 bits per heavy atom. The number of ether oxygens (including phenoxy) is 1. The smallest absolute Gasteiger partial charge is 0.245 e. The number of nitrogens with one attached hydrogen (secondary N) is 1. The van der Waals surface area contributed by atoms with Crippen LogP contribution in [0.5, 0.6) is 0 Å². The molecule has 1 saturated heterocycles. The molecule has 2 aromatic rings.